The van der Waals surface area contributed by atoms with Crippen LogP contribution < -0.4 is 24.8 Å². The zero-order valence-electron chi connectivity index (χ0n) is 32.5. The molecular weight excluding hydrogens is 776 g/mol. The predicted octanol–water partition coefficient (Wildman–Crippen LogP) is 3.89. The minimum absolute atomic E-state index is 0.0362. The first-order chi connectivity index (χ1) is 26.7. The van der Waals surface area contributed by atoms with E-state index >= 15 is 0 Å². The molecular formula is C38H48F3N5O10S. The highest BCUT2D eigenvalue weighted by Gasteiger charge is 2.63. The first kappa shape index (κ1) is 42.0. The van der Waals surface area contributed by atoms with Crippen molar-refractivity contribution in [3.05, 3.63) is 42.4 Å². The summed E-state index contributed by atoms with van der Waals surface area (Å²) in [6.07, 6.45) is -0.570. The molecule has 2 aliphatic heterocycles. The van der Waals surface area contributed by atoms with E-state index in [-0.39, 0.29) is 36.4 Å². The average Bonchev–Trinajstić information content (AvgIpc) is 4.01. The Balaban J connectivity index is 1.36. The molecule has 3 fully saturated rings. The van der Waals surface area contributed by atoms with Gasteiger partial charge < -0.3 is 34.5 Å². The average molecular weight is 824 g/mol. The number of hydrogen-bond donors (Lipinski definition) is 3. The molecule has 1 saturated heterocycles. The molecule has 0 bridgehead atoms. The Kier molecular flexibility index (Phi) is 11.5. The van der Waals surface area contributed by atoms with Crippen molar-refractivity contribution in [1.29, 1.82) is 0 Å². The number of nitrogens with one attached hydrogen (secondary N) is 3. The lowest BCUT2D eigenvalue weighted by molar-refractivity contribution is -0.145. The van der Waals surface area contributed by atoms with Crippen molar-refractivity contribution in [2.24, 2.45) is 5.92 Å². The molecule has 19 heteroatoms. The van der Waals surface area contributed by atoms with E-state index in [1.54, 1.807) is 25.1 Å². The number of alkyl halides is 2. The number of rotatable bonds is 9. The van der Waals surface area contributed by atoms with Crippen LogP contribution >= 0.6 is 0 Å². The summed E-state index contributed by atoms with van der Waals surface area (Å²) >= 11 is 0. The van der Waals surface area contributed by atoms with Gasteiger partial charge in [0.05, 0.1) is 36.0 Å². The molecule has 2 saturated carbocycles. The van der Waals surface area contributed by atoms with Gasteiger partial charge in [0, 0.05) is 30.0 Å². The summed E-state index contributed by atoms with van der Waals surface area (Å²) in [4.78, 5) is 61.4. The van der Waals surface area contributed by atoms with Gasteiger partial charge in [-0.05, 0) is 78.9 Å². The van der Waals surface area contributed by atoms with Crippen LogP contribution in [0.15, 0.2) is 36.5 Å². The van der Waals surface area contributed by atoms with Crippen molar-refractivity contribution >= 4 is 44.6 Å². The zero-order chi connectivity index (χ0) is 41.7. The van der Waals surface area contributed by atoms with Crippen LogP contribution in [0.2, 0.25) is 0 Å². The number of nitrogens with zero attached hydrogens (tertiary/aromatic N) is 2. The van der Waals surface area contributed by atoms with Crippen molar-refractivity contribution in [2.45, 2.75) is 126 Å². The van der Waals surface area contributed by atoms with Crippen LogP contribution in [0.3, 0.4) is 0 Å². The van der Waals surface area contributed by atoms with Crippen LogP contribution in [-0.2, 0) is 33.9 Å². The van der Waals surface area contributed by atoms with E-state index in [9.17, 15) is 40.8 Å². The van der Waals surface area contributed by atoms with Gasteiger partial charge in [0.1, 0.15) is 35.3 Å². The number of sulfonamides is 1. The number of benzene rings is 1. The highest BCUT2D eigenvalue weighted by molar-refractivity contribution is 7.91. The smallest absolute Gasteiger partial charge is 0.408 e. The monoisotopic (exact) mass is 823 g/mol. The number of allylic oxidation sites excluding steroid dienone is 1. The number of fused-ring (bicyclic) bond motifs is 3. The molecule has 7 atom stereocenters. The largest absolute Gasteiger partial charge is 0.496 e. The van der Waals surface area contributed by atoms with Crippen LogP contribution in [0.1, 0.15) is 73.1 Å². The zero-order valence-corrected chi connectivity index (χ0v) is 33.3. The van der Waals surface area contributed by atoms with Gasteiger partial charge in [-0.2, -0.15) is 0 Å². The summed E-state index contributed by atoms with van der Waals surface area (Å²) in [6.45, 7) is 6.48. The molecule has 4 aliphatic rings. The number of alkyl carbamates (subject to hydrolysis) is 1. The van der Waals surface area contributed by atoms with E-state index in [1.165, 1.54) is 39.3 Å². The molecule has 0 radical (unpaired) electrons. The lowest BCUT2D eigenvalue weighted by Crippen LogP contribution is -2.60. The summed E-state index contributed by atoms with van der Waals surface area (Å²) in [6, 6.07) is 1.02. The predicted molar refractivity (Wildman–Crippen MR) is 198 cm³/mol. The Labute approximate surface area is 328 Å². The van der Waals surface area contributed by atoms with Gasteiger partial charge in [-0.25, -0.2) is 31.4 Å². The molecule has 2 aromatic rings. The fourth-order valence-corrected chi connectivity index (χ4v) is 8.47. The summed E-state index contributed by atoms with van der Waals surface area (Å²) in [5.41, 5.74) is -3.90. The number of pyridine rings is 1. The van der Waals surface area contributed by atoms with Crippen molar-refractivity contribution in [2.75, 3.05) is 13.7 Å². The number of hydrogen-bond acceptors (Lipinski definition) is 11. The molecule has 4 amide bonds. The Morgan fingerprint density at radius 1 is 1.16 bits per heavy atom. The van der Waals surface area contributed by atoms with E-state index in [4.69, 9.17) is 18.9 Å². The maximum Gasteiger partial charge on any atom is 0.408 e. The molecule has 0 spiro atoms. The number of carbonyl (C=O) groups is 4. The van der Waals surface area contributed by atoms with E-state index in [0.717, 1.165) is 18.7 Å². The fraction of sp³-hybridized carbons (Fsp3) is 0.605. The van der Waals surface area contributed by atoms with Crippen molar-refractivity contribution < 1.29 is 59.7 Å². The lowest BCUT2D eigenvalue weighted by atomic mass is 10.1. The number of ether oxygens (including phenoxy) is 4. The molecule has 3 heterocycles. The SMILES string of the molecule is COc1cc(F)cc2c(O[C@@H]3C[C@H]4C(=O)N[C@]5(C(=O)NS(=O)(=O)C6(C)CC6)C[C@H]5C=CCC[C@@H](C)O[C@@H](C)[C@H](NC(=O)OC(C)(C)C(F)F)C(=O)N4C3)nccc12. The maximum atomic E-state index is 14.7. The molecule has 6 rings (SSSR count). The topological polar surface area (TPSA) is 192 Å². The summed E-state index contributed by atoms with van der Waals surface area (Å²) in [5, 5.41) is 5.83. The van der Waals surface area contributed by atoms with Crippen LogP contribution in [0.5, 0.6) is 11.6 Å². The summed E-state index contributed by atoms with van der Waals surface area (Å²) < 4.78 is 92.1. The molecule has 15 nitrogen and oxygen atoms in total. The van der Waals surface area contributed by atoms with Gasteiger partial charge in [-0.3, -0.25) is 19.1 Å². The normalized spacial score (nSPS) is 29.0. The minimum atomic E-state index is -4.09. The van der Waals surface area contributed by atoms with Crippen LogP contribution in [0.25, 0.3) is 10.8 Å². The van der Waals surface area contributed by atoms with Crippen LogP contribution in [-0.4, -0.2) is 108 Å². The molecule has 0 unspecified atom stereocenters. The fourth-order valence-electron chi connectivity index (χ4n) is 7.16. The summed E-state index contributed by atoms with van der Waals surface area (Å²) in [7, 11) is -2.72. The Bertz CT molecular complexity index is 2060. The highest BCUT2D eigenvalue weighted by atomic mass is 32.2. The van der Waals surface area contributed by atoms with E-state index < -0.39 is 98.3 Å². The molecule has 1 aromatic carbocycles. The molecule has 57 heavy (non-hydrogen) atoms. The van der Waals surface area contributed by atoms with Crippen molar-refractivity contribution in [3.63, 3.8) is 0 Å². The number of methoxy groups -OCH3 is 1. The van der Waals surface area contributed by atoms with Gasteiger partial charge in [0.15, 0.2) is 5.60 Å². The van der Waals surface area contributed by atoms with Gasteiger partial charge in [-0.15, -0.1) is 0 Å². The van der Waals surface area contributed by atoms with E-state index in [0.29, 0.717) is 31.1 Å². The quantitative estimate of drug-likeness (QED) is 0.311. The third kappa shape index (κ3) is 8.63. The molecule has 1 aromatic heterocycles. The van der Waals surface area contributed by atoms with E-state index in [1.807, 2.05) is 0 Å². The second-order valence-corrected chi connectivity index (χ2v) is 18.2. The van der Waals surface area contributed by atoms with E-state index in [2.05, 4.69) is 20.3 Å². The number of amides is 4. The van der Waals surface area contributed by atoms with Gasteiger partial charge in [0.25, 0.3) is 12.3 Å². The lowest BCUT2D eigenvalue weighted by Gasteiger charge is -2.33. The standard InChI is InChI=1S/C38H48F3N5O10S/c1-20-9-7-8-10-22-18-38(22,34(49)45-57(51,52)37(5)12-13-37)44-30(47)27-17-24(55-31-26-15-23(39)16-28(53-6)25(26)11-14-42-31)19-46(27)32(48)29(21(2)54-20)43-35(50)56-36(3,4)33(40)41/h8,10-11,14-16,20-22,24,27,29,33H,7,9,12-13,17-19H2,1-6H3,(H,43,50)(H,44,47)(H,45,49)/t20-,21+,22-,24-,27+,29+,38-/m1/s1. The molecule has 2 aliphatic carbocycles. The Hall–Kier alpha value is -4.65. The second kappa shape index (κ2) is 15.6. The maximum absolute atomic E-state index is 14.7. The first-order valence-corrected chi connectivity index (χ1v) is 20.3. The molecule has 3 N–H and O–H groups in total. The first-order valence-electron chi connectivity index (χ1n) is 18.8. The van der Waals surface area contributed by atoms with Crippen molar-refractivity contribution in [3.8, 4) is 11.6 Å². The Morgan fingerprint density at radius 3 is 2.54 bits per heavy atom. The van der Waals surface area contributed by atoms with Gasteiger partial charge >= 0.3 is 6.09 Å². The third-order valence-electron chi connectivity index (χ3n) is 11.2. The number of halogens is 3. The van der Waals surface area contributed by atoms with Crippen LogP contribution in [0.4, 0.5) is 18.0 Å². The van der Waals surface area contributed by atoms with Crippen molar-refractivity contribution in [1.82, 2.24) is 25.2 Å². The number of aromatic nitrogens is 1. The summed E-state index contributed by atoms with van der Waals surface area (Å²) in [5.74, 6) is -3.67. The second-order valence-electron chi connectivity index (χ2n) is 16.0. The molecule has 312 valence electrons. The Morgan fingerprint density at radius 2 is 1.88 bits per heavy atom. The third-order valence-corrected chi connectivity index (χ3v) is 13.3. The minimum Gasteiger partial charge on any atom is -0.496 e. The number of carbonyl (C=O) groups excluding carboxylic acids is 4. The van der Waals surface area contributed by atoms with Crippen LogP contribution in [0, 0.1) is 11.7 Å². The highest BCUT2D eigenvalue weighted by Crippen LogP contribution is 2.47. The van der Waals surface area contributed by atoms with Gasteiger partial charge in [0.2, 0.25) is 27.7 Å². The van der Waals surface area contributed by atoms with Gasteiger partial charge in [-0.1, -0.05) is 12.2 Å².